The van der Waals surface area contributed by atoms with Gasteiger partial charge >= 0.3 is 0 Å². The van der Waals surface area contributed by atoms with Crippen LogP contribution >= 0.6 is 0 Å². The predicted octanol–water partition coefficient (Wildman–Crippen LogP) is -1.00. The Hall–Kier alpha value is -1.54. The standard InChI is InChI=1S/C8H11FN4O3/c9-8(2-14)1-5(16-3-8)13-4-11-7(12-13)6(10)15/h4-5,14H,1-3H2,(H2,10,15)/t5-,8-/m1/s1. The number of ether oxygens (including phenoxy) is 1. The lowest BCUT2D eigenvalue weighted by molar-refractivity contribution is 0.0242. The van der Waals surface area contributed by atoms with Gasteiger partial charge in [0.2, 0.25) is 5.82 Å². The molecule has 0 radical (unpaired) electrons. The molecule has 7 nitrogen and oxygen atoms in total. The Balaban J connectivity index is 2.11. The zero-order chi connectivity index (χ0) is 11.8. The third-order valence-corrected chi connectivity index (χ3v) is 2.38. The third kappa shape index (κ3) is 1.89. The first-order valence-electron chi connectivity index (χ1n) is 4.66. The molecule has 0 aromatic carbocycles. The summed E-state index contributed by atoms with van der Waals surface area (Å²) in [5, 5.41) is 12.6. The number of carbonyl (C=O) groups is 1. The number of carbonyl (C=O) groups excluding carboxylic acids is 1. The van der Waals surface area contributed by atoms with Crippen molar-refractivity contribution in [3.8, 4) is 0 Å². The number of rotatable bonds is 3. The van der Waals surface area contributed by atoms with Gasteiger partial charge in [0.05, 0.1) is 13.2 Å². The maximum absolute atomic E-state index is 13.6. The average Bonchev–Trinajstić information content (AvgIpc) is 2.84. The monoisotopic (exact) mass is 230 g/mol. The van der Waals surface area contributed by atoms with Crippen LogP contribution in [0.2, 0.25) is 0 Å². The molecule has 2 heterocycles. The van der Waals surface area contributed by atoms with Crippen molar-refractivity contribution in [3.63, 3.8) is 0 Å². The quantitative estimate of drug-likeness (QED) is 0.693. The number of nitrogens with zero attached hydrogens (tertiary/aromatic N) is 3. The van der Waals surface area contributed by atoms with Gasteiger partial charge < -0.3 is 15.6 Å². The predicted molar refractivity (Wildman–Crippen MR) is 49.1 cm³/mol. The van der Waals surface area contributed by atoms with Crippen molar-refractivity contribution in [3.05, 3.63) is 12.2 Å². The van der Waals surface area contributed by atoms with Crippen molar-refractivity contribution in [1.82, 2.24) is 14.8 Å². The second-order valence-electron chi connectivity index (χ2n) is 3.69. The van der Waals surface area contributed by atoms with Gasteiger partial charge in [-0.2, -0.15) is 0 Å². The summed E-state index contributed by atoms with van der Waals surface area (Å²) in [5.74, 6) is -0.908. The highest BCUT2D eigenvalue weighted by Crippen LogP contribution is 2.33. The van der Waals surface area contributed by atoms with Crippen LogP contribution in [0.3, 0.4) is 0 Å². The summed E-state index contributed by atoms with van der Waals surface area (Å²) >= 11 is 0. The Bertz CT molecular complexity index is 410. The van der Waals surface area contributed by atoms with Crippen molar-refractivity contribution < 1.29 is 19.0 Å². The van der Waals surface area contributed by atoms with Crippen molar-refractivity contribution in [2.45, 2.75) is 18.3 Å². The van der Waals surface area contributed by atoms with Crippen LogP contribution < -0.4 is 5.73 Å². The Morgan fingerprint density at radius 3 is 3.12 bits per heavy atom. The Morgan fingerprint density at radius 2 is 2.62 bits per heavy atom. The molecule has 1 saturated heterocycles. The zero-order valence-corrected chi connectivity index (χ0v) is 8.34. The topological polar surface area (TPSA) is 103 Å². The molecule has 1 aromatic rings. The van der Waals surface area contributed by atoms with E-state index in [-0.39, 0.29) is 18.9 Å². The van der Waals surface area contributed by atoms with Crippen molar-refractivity contribution >= 4 is 5.91 Å². The summed E-state index contributed by atoms with van der Waals surface area (Å²) in [4.78, 5) is 14.4. The van der Waals surface area contributed by atoms with Crippen LogP contribution in [0.1, 0.15) is 23.3 Å². The van der Waals surface area contributed by atoms with E-state index in [1.165, 1.54) is 11.0 Å². The lowest BCUT2D eigenvalue weighted by atomic mass is 10.1. The fourth-order valence-electron chi connectivity index (χ4n) is 1.48. The van der Waals surface area contributed by atoms with Gasteiger partial charge in [0.15, 0.2) is 11.9 Å². The molecule has 0 aliphatic carbocycles. The molecule has 88 valence electrons. The number of hydrogen-bond donors (Lipinski definition) is 2. The first-order chi connectivity index (χ1) is 7.54. The molecule has 0 unspecified atom stereocenters. The molecule has 2 rings (SSSR count). The number of aliphatic hydroxyl groups excluding tert-OH is 1. The molecule has 0 saturated carbocycles. The molecular formula is C8H11FN4O3. The minimum Gasteiger partial charge on any atom is -0.393 e. The van der Waals surface area contributed by atoms with Gasteiger partial charge in [-0.25, -0.2) is 14.1 Å². The minimum atomic E-state index is -1.76. The van der Waals surface area contributed by atoms with Crippen LogP contribution in [0, 0.1) is 0 Å². The molecular weight excluding hydrogens is 219 g/mol. The van der Waals surface area contributed by atoms with E-state index in [1.807, 2.05) is 0 Å². The maximum atomic E-state index is 13.6. The summed E-state index contributed by atoms with van der Waals surface area (Å²) in [7, 11) is 0. The molecule has 1 aromatic heterocycles. The van der Waals surface area contributed by atoms with E-state index in [4.69, 9.17) is 15.6 Å². The SMILES string of the molecule is NC(=O)c1ncn([C@H]2C[C@@](F)(CO)CO2)n1. The second-order valence-corrected chi connectivity index (χ2v) is 3.69. The van der Waals surface area contributed by atoms with Gasteiger partial charge in [-0.15, -0.1) is 5.10 Å². The van der Waals surface area contributed by atoms with Crippen molar-refractivity contribution in [2.24, 2.45) is 5.73 Å². The molecule has 1 amide bonds. The van der Waals surface area contributed by atoms with Crippen molar-refractivity contribution in [1.29, 1.82) is 0 Å². The number of amides is 1. The number of aromatic nitrogens is 3. The fourth-order valence-corrected chi connectivity index (χ4v) is 1.48. The van der Waals surface area contributed by atoms with Crippen LogP contribution in [0.4, 0.5) is 4.39 Å². The highest BCUT2D eigenvalue weighted by atomic mass is 19.1. The van der Waals surface area contributed by atoms with Gasteiger partial charge in [-0.05, 0) is 0 Å². The normalized spacial score (nSPS) is 29.5. The molecule has 0 bridgehead atoms. The molecule has 3 N–H and O–H groups in total. The molecule has 8 heteroatoms. The highest BCUT2D eigenvalue weighted by molar-refractivity contribution is 5.88. The van der Waals surface area contributed by atoms with Crippen molar-refractivity contribution in [2.75, 3.05) is 13.2 Å². The van der Waals surface area contributed by atoms with Crippen LogP contribution in [0.25, 0.3) is 0 Å². The fraction of sp³-hybridized carbons (Fsp3) is 0.625. The van der Waals surface area contributed by atoms with Gasteiger partial charge in [0.25, 0.3) is 5.91 Å². The van der Waals surface area contributed by atoms with E-state index in [0.29, 0.717) is 0 Å². The minimum absolute atomic E-state index is 0.0366. The highest BCUT2D eigenvalue weighted by Gasteiger charge is 2.41. The number of aliphatic hydroxyl groups is 1. The number of halogens is 1. The van der Waals surface area contributed by atoms with Gasteiger partial charge in [0, 0.05) is 6.42 Å². The molecule has 1 fully saturated rings. The third-order valence-electron chi connectivity index (χ3n) is 2.38. The molecule has 1 aliphatic rings. The molecule has 1 aliphatic heterocycles. The van der Waals surface area contributed by atoms with E-state index >= 15 is 0 Å². The summed E-state index contributed by atoms with van der Waals surface area (Å²) in [5.41, 5.74) is 3.21. The summed E-state index contributed by atoms with van der Waals surface area (Å²) < 4.78 is 19.9. The van der Waals surface area contributed by atoms with Crippen LogP contribution in [-0.2, 0) is 4.74 Å². The van der Waals surface area contributed by atoms with E-state index in [1.54, 1.807) is 0 Å². The summed E-state index contributed by atoms with van der Waals surface area (Å²) in [6.45, 7) is -0.819. The maximum Gasteiger partial charge on any atom is 0.288 e. The number of hydrogen-bond acceptors (Lipinski definition) is 5. The van der Waals surface area contributed by atoms with Crippen LogP contribution in [-0.4, -0.2) is 44.7 Å². The summed E-state index contributed by atoms with van der Waals surface area (Å²) in [6, 6.07) is 0. The number of nitrogens with two attached hydrogens (primary N) is 1. The molecule has 2 atom stereocenters. The largest absolute Gasteiger partial charge is 0.393 e. The van der Waals surface area contributed by atoms with E-state index < -0.39 is 24.4 Å². The van der Waals surface area contributed by atoms with E-state index in [0.717, 1.165) is 0 Å². The van der Waals surface area contributed by atoms with Gasteiger partial charge in [-0.1, -0.05) is 0 Å². The van der Waals surface area contributed by atoms with E-state index in [2.05, 4.69) is 10.1 Å². The van der Waals surface area contributed by atoms with Gasteiger partial charge in [0.1, 0.15) is 6.33 Å². The first-order valence-corrected chi connectivity index (χ1v) is 4.66. The average molecular weight is 230 g/mol. The van der Waals surface area contributed by atoms with Crippen LogP contribution in [0.5, 0.6) is 0 Å². The number of alkyl halides is 1. The lowest BCUT2D eigenvalue weighted by Crippen LogP contribution is -2.27. The lowest BCUT2D eigenvalue weighted by Gasteiger charge is -2.12. The van der Waals surface area contributed by atoms with Gasteiger partial charge in [-0.3, -0.25) is 4.79 Å². The molecule has 16 heavy (non-hydrogen) atoms. The summed E-state index contributed by atoms with van der Waals surface area (Å²) in [6.07, 6.45) is 0.539. The second kappa shape index (κ2) is 3.80. The molecule has 0 spiro atoms. The first kappa shape index (κ1) is 11.0. The van der Waals surface area contributed by atoms with Crippen LogP contribution in [0.15, 0.2) is 6.33 Å². The number of primary amides is 1. The zero-order valence-electron chi connectivity index (χ0n) is 8.34. The Labute approximate surface area is 90.0 Å². The smallest absolute Gasteiger partial charge is 0.288 e. The Kier molecular flexibility index (Phi) is 2.60. The Morgan fingerprint density at radius 1 is 1.88 bits per heavy atom. The van der Waals surface area contributed by atoms with E-state index in [9.17, 15) is 9.18 Å².